The highest BCUT2D eigenvalue weighted by Crippen LogP contribution is 2.36. The Kier molecular flexibility index (Phi) is 3.71. The van der Waals surface area contributed by atoms with Crippen LogP contribution in [0.15, 0.2) is 48.0 Å². The highest BCUT2D eigenvalue weighted by Gasteiger charge is 2.18. The lowest BCUT2D eigenvalue weighted by Crippen LogP contribution is -1.93. The van der Waals surface area contributed by atoms with Crippen LogP contribution in [-0.2, 0) is 6.42 Å². The molecule has 0 saturated heterocycles. The van der Waals surface area contributed by atoms with E-state index in [0.717, 1.165) is 6.42 Å². The van der Waals surface area contributed by atoms with Crippen molar-refractivity contribution < 1.29 is 0 Å². The maximum absolute atomic E-state index is 2.41. The van der Waals surface area contributed by atoms with Crippen LogP contribution in [0.5, 0.6) is 0 Å². The second-order valence-corrected chi connectivity index (χ2v) is 6.71. The molecule has 0 nitrogen and oxygen atoms in total. The third kappa shape index (κ3) is 2.68. The maximum Gasteiger partial charge on any atom is -0.00550 e. The molecule has 0 heteroatoms. The standard InChI is InChI=1S/C21H24/c1-14(2)16-8-10-17(11-9-16)20-7-5-6-18-12-19(15(3)4)13-21(18)20/h5-11,13-15H,12H2,1-4H3. The molecule has 2 aromatic rings. The Labute approximate surface area is 128 Å². The van der Waals surface area contributed by atoms with Crippen LogP contribution >= 0.6 is 0 Å². The summed E-state index contributed by atoms with van der Waals surface area (Å²) < 4.78 is 0. The van der Waals surface area contributed by atoms with Gasteiger partial charge in [0.15, 0.2) is 0 Å². The summed E-state index contributed by atoms with van der Waals surface area (Å²) in [4.78, 5) is 0. The van der Waals surface area contributed by atoms with Crippen molar-refractivity contribution in [1.82, 2.24) is 0 Å². The lowest BCUT2D eigenvalue weighted by Gasteiger charge is -2.10. The first-order valence-corrected chi connectivity index (χ1v) is 7.99. The first-order valence-electron chi connectivity index (χ1n) is 7.99. The molecule has 0 N–H and O–H groups in total. The van der Waals surface area contributed by atoms with E-state index in [1.165, 1.54) is 27.8 Å². The highest BCUT2D eigenvalue weighted by atomic mass is 14.2. The molecule has 0 amide bonds. The number of rotatable bonds is 3. The summed E-state index contributed by atoms with van der Waals surface area (Å²) >= 11 is 0. The average Bonchev–Trinajstić information content (AvgIpc) is 2.91. The minimum atomic E-state index is 0.591. The molecule has 0 unspecified atom stereocenters. The van der Waals surface area contributed by atoms with Gasteiger partial charge in [-0.05, 0) is 46.1 Å². The quantitative estimate of drug-likeness (QED) is 0.638. The molecule has 2 aromatic carbocycles. The van der Waals surface area contributed by atoms with Crippen LogP contribution in [0, 0.1) is 5.92 Å². The van der Waals surface area contributed by atoms with Gasteiger partial charge < -0.3 is 0 Å². The third-order valence-electron chi connectivity index (χ3n) is 4.55. The van der Waals surface area contributed by atoms with E-state index in [4.69, 9.17) is 0 Å². The Hall–Kier alpha value is -1.82. The van der Waals surface area contributed by atoms with Gasteiger partial charge in [-0.2, -0.15) is 0 Å². The Morgan fingerprint density at radius 1 is 0.810 bits per heavy atom. The second kappa shape index (κ2) is 5.52. The Bertz CT molecular complexity index is 670. The largest absolute Gasteiger partial charge is 0.0626 e. The molecule has 0 bridgehead atoms. The van der Waals surface area contributed by atoms with E-state index >= 15 is 0 Å². The fraction of sp³-hybridized carbons (Fsp3) is 0.333. The van der Waals surface area contributed by atoms with Crippen LogP contribution in [0.2, 0.25) is 0 Å². The molecule has 0 radical (unpaired) electrons. The Morgan fingerprint density at radius 3 is 2.14 bits per heavy atom. The molecule has 21 heavy (non-hydrogen) atoms. The molecule has 0 heterocycles. The number of benzene rings is 2. The van der Waals surface area contributed by atoms with Crippen LogP contribution in [0.4, 0.5) is 0 Å². The van der Waals surface area contributed by atoms with E-state index in [-0.39, 0.29) is 0 Å². The normalized spacial score (nSPS) is 13.7. The van der Waals surface area contributed by atoms with Gasteiger partial charge in [0, 0.05) is 0 Å². The van der Waals surface area contributed by atoms with Crippen molar-refractivity contribution in [3.8, 4) is 11.1 Å². The Morgan fingerprint density at radius 2 is 1.52 bits per heavy atom. The van der Waals surface area contributed by atoms with Gasteiger partial charge >= 0.3 is 0 Å². The number of hydrogen-bond donors (Lipinski definition) is 0. The monoisotopic (exact) mass is 276 g/mol. The molecule has 0 aliphatic heterocycles. The molecule has 1 aliphatic rings. The lowest BCUT2D eigenvalue weighted by atomic mass is 9.94. The van der Waals surface area contributed by atoms with Crippen molar-refractivity contribution in [2.24, 2.45) is 5.92 Å². The molecule has 0 spiro atoms. The zero-order valence-electron chi connectivity index (χ0n) is 13.5. The fourth-order valence-electron chi connectivity index (χ4n) is 3.06. The van der Waals surface area contributed by atoms with Crippen molar-refractivity contribution in [3.05, 3.63) is 64.7 Å². The molecular weight excluding hydrogens is 252 g/mol. The van der Waals surface area contributed by atoms with Crippen molar-refractivity contribution in [1.29, 1.82) is 0 Å². The summed E-state index contributed by atoms with van der Waals surface area (Å²) in [5.41, 5.74) is 8.57. The number of hydrogen-bond acceptors (Lipinski definition) is 0. The summed E-state index contributed by atoms with van der Waals surface area (Å²) in [6.07, 6.45) is 3.52. The second-order valence-electron chi connectivity index (χ2n) is 6.71. The SMILES string of the molecule is CC(C)C1=Cc2c(cccc2-c2ccc(C(C)C)cc2)C1. The van der Waals surface area contributed by atoms with E-state index < -0.39 is 0 Å². The van der Waals surface area contributed by atoms with Crippen LogP contribution in [0.25, 0.3) is 17.2 Å². The van der Waals surface area contributed by atoms with Crippen molar-refractivity contribution in [2.45, 2.75) is 40.0 Å². The van der Waals surface area contributed by atoms with Crippen LogP contribution in [0.1, 0.15) is 50.3 Å². The summed E-state index contributed by atoms with van der Waals surface area (Å²) in [5.74, 6) is 1.22. The number of fused-ring (bicyclic) bond motifs is 1. The van der Waals surface area contributed by atoms with E-state index in [1.807, 2.05) is 0 Å². The lowest BCUT2D eigenvalue weighted by molar-refractivity contribution is 0.754. The third-order valence-corrected chi connectivity index (χ3v) is 4.55. The number of allylic oxidation sites excluding steroid dienone is 1. The first-order chi connectivity index (χ1) is 10.1. The fourth-order valence-corrected chi connectivity index (χ4v) is 3.06. The zero-order chi connectivity index (χ0) is 15.0. The molecule has 0 saturated carbocycles. The minimum Gasteiger partial charge on any atom is -0.0626 e. The van der Waals surface area contributed by atoms with Gasteiger partial charge in [-0.15, -0.1) is 0 Å². The van der Waals surface area contributed by atoms with E-state index in [1.54, 1.807) is 5.57 Å². The van der Waals surface area contributed by atoms with Gasteiger partial charge in [0.05, 0.1) is 0 Å². The molecule has 1 aliphatic carbocycles. The summed E-state index contributed by atoms with van der Waals surface area (Å²) in [5, 5.41) is 0. The predicted molar refractivity (Wildman–Crippen MR) is 92.5 cm³/mol. The van der Waals surface area contributed by atoms with Crippen LogP contribution < -0.4 is 0 Å². The maximum atomic E-state index is 2.41. The molecule has 0 fully saturated rings. The minimum absolute atomic E-state index is 0.591. The van der Waals surface area contributed by atoms with Crippen molar-refractivity contribution >= 4 is 6.08 Å². The van der Waals surface area contributed by atoms with Crippen molar-refractivity contribution in [2.75, 3.05) is 0 Å². The highest BCUT2D eigenvalue weighted by molar-refractivity contribution is 5.81. The van der Waals surface area contributed by atoms with Gasteiger partial charge in [0.25, 0.3) is 0 Å². The van der Waals surface area contributed by atoms with Crippen LogP contribution in [0.3, 0.4) is 0 Å². The average molecular weight is 276 g/mol. The first kappa shape index (κ1) is 14.1. The van der Waals surface area contributed by atoms with Gasteiger partial charge in [-0.25, -0.2) is 0 Å². The van der Waals surface area contributed by atoms with Gasteiger partial charge in [-0.3, -0.25) is 0 Å². The van der Waals surface area contributed by atoms with E-state index in [2.05, 4.69) is 76.2 Å². The summed E-state index contributed by atoms with van der Waals surface area (Å²) in [6.45, 7) is 9.06. The van der Waals surface area contributed by atoms with Gasteiger partial charge in [0.2, 0.25) is 0 Å². The zero-order valence-corrected chi connectivity index (χ0v) is 13.5. The molecule has 0 aromatic heterocycles. The van der Waals surface area contributed by atoms with Gasteiger partial charge in [-0.1, -0.05) is 81.8 Å². The van der Waals surface area contributed by atoms with Crippen LogP contribution in [-0.4, -0.2) is 0 Å². The van der Waals surface area contributed by atoms with Gasteiger partial charge in [0.1, 0.15) is 0 Å². The molecule has 108 valence electrons. The topological polar surface area (TPSA) is 0 Å². The predicted octanol–water partition coefficient (Wildman–Crippen LogP) is 6.07. The molecule has 3 rings (SSSR count). The summed E-state index contributed by atoms with van der Waals surface area (Å²) in [7, 11) is 0. The molecular formula is C21H24. The smallest absolute Gasteiger partial charge is 0.00550 e. The van der Waals surface area contributed by atoms with E-state index in [0.29, 0.717) is 11.8 Å². The summed E-state index contributed by atoms with van der Waals surface area (Å²) in [6, 6.07) is 15.8. The van der Waals surface area contributed by atoms with Crippen molar-refractivity contribution in [3.63, 3.8) is 0 Å². The molecule has 0 atom stereocenters. The Balaban J connectivity index is 2.03. The van der Waals surface area contributed by atoms with E-state index in [9.17, 15) is 0 Å².